The Morgan fingerprint density at radius 2 is 1.76 bits per heavy atom. The zero-order valence-corrected chi connectivity index (χ0v) is 20.6. The lowest BCUT2D eigenvalue weighted by Gasteiger charge is -2.23. The van der Waals surface area contributed by atoms with E-state index >= 15 is 0 Å². The zero-order chi connectivity index (χ0) is 27.1. The molecule has 2 heterocycles. The maximum Gasteiger partial charge on any atom is 0.416 e. The summed E-state index contributed by atoms with van der Waals surface area (Å²) >= 11 is 0. The van der Waals surface area contributed by atoms with Crippen molar-refractivity contribution in [1.29, 1.82) is 0 Å². The van der Waals surface area contributed by atoms with Gasteiger partial charge in [0.2, 0.25) is 5.91 Å². The monoisotopic (exact) mass is 514 g/mol. The third-order valence-electron chi connectivity index (χ3n) is 6.11. The average Bonchev–Trinajstić information content (AvgIpc) is 3.37. The number of carbonyl (C=O) groups excluding carboxylic acids is 3. The minimum atomic E-state index is -1.35. The van der Waals surface area contributed by atoms with Crippen LogP contribution in [0.2, 0.25) is 0 Å². The van der Waals surface area contributed by atoms with E-state index in [1.165, 1.54) is 6.20 Å². The van der Waals surface area contributed by atoms with Crippen LogP contribution < -0.4 is 5.32 Å². The normalized spacial score (nSPS) is 14.9. The van der Waals surface area contributed by atoms with E-state index < -0.39 is 35.8 Å². The number of ether oxygens (including phenoxy) is 1. The summed E-state index contributed by atoms with van der Waals surface area (Å²) in [5, 5.41) is 13.0. The summed E-state index contributed by atoms with van der Waals surface area (Å²) in [5.74, 6) is -3.06. The van der Waals surface area contributed by atoms with Crippen LogP contribution in [0, 0.1) is 0 Å². The molecule has 0 unspecified atom stereocenters. The lowest BCUT2D eigenvalue weighted by molar-refractivity contribution is -0.139. The maximum atomic E-state index is 13.0. The van der Waals surface area contributed by atoms with Gasteiger partial charge >= 0.3 is 12.1 Å². The number of anilines is 1. The van der Waals surface area contributed by atoms with Crippen molar-refractivity contribution in [2.75, 3.05) is 18.5 Å². The highest BCUT2D eigenvalue weighted by atomic mass is 16.6. The van der Waals surface area contributed by atoms with Crippen LogP contribution in [0.4, 0.5) is 10.5 Å². The molecule has 1 saturated heterocycles. The second kappa shape index (κ2) is 11.9. The Labute approximate surface area is 219 Å². The minimum Gasteiger partial charge on any atom is -0.480 e. The van der Waals surface area contributed by atoms with E-state index in [0.717, 1.165) is 4.90 Å². The van der Waals surface area contributed by atoms with Crippen molar-refractivity contribution in [3.8, 4) is 0 Å². The average molecular weight is 515 g/mol. The number of aliphatic carboxylic acids is 1. The van der Waals surface area contributed by atoms with Crippen molar-refractivity contribution in [1.82, 2.24) is 9.88 Å². The molecule has 2 aromatic carbocycles. The number of hydrogen-bond acceptors (Lipinski definition) is 7. The Balaban J connectivity index is 1.66. The van der Waals surface area contributed by atoms with Gasteiger partial charge in [-0.3, -0.25) is 19.6 Å². The lowest BCUT2D eigenvalue weighted by Crippen LogP contribution is -2.36. The van der Waals surface area contributed by atoms with Gasteiger partial charge in [-0.1, -0.05) is 54.6 Å². The molecule has 194 valence electrons. The number of aliphatic imine (C=N–C) groups is 1. The van der Waals surface area contributed by atoms with Gasteiger partial charge in [-0.15, -0.1) is 0 Å². The summed E-state index contributed by atoms with van der Waals surface area (Å²) in [6, 6.07) is 19.2. The van der Waals surface area contributed by atoms with Crippen LogP contribution in [0.5, 0.6) is 0 Å². The number of para-hydroxylation sites is 1. The molecule has 2 N–H and O–H groups in total. The van der Waals surface area contributed by atoms with Gasteiger partial charge in [0.25, 0.3) is 5.91 Å². The van der Waals surface area contributed by atoms with E-state index in [-0.39, 0.29) is 25.3 Å². The highest BCUT2D eigenvalue weighted by Gasteiger charge is 2.36. The number of carbonyl (C=O) groups is 4. The molecule has 0 aliphatic carbocycles. The Bertz CT molecular complexity index is 1360. The van der Waals surface area contributed by atoms with Gasteiger partial charge in [0.05, 0.1) is 12.2 Å². The predicted molar refractivity (Wildman–Crippen MR) is 139 cm³/mol. The first kappa shape index (κ1) is 26.2. The van der Waals surface area contributed by atoms with E-state index in [0.29, 0.717) is 22.5 Å². The van der Waals surface area contributed by atoms with Crippen LogP contribution in [0.25, 0.3) is 0 Å². The number of pyridine rings is 1. The third-order valence-corrected chi connectivity index (χ3v) is 6.11. The van der Waals surface area contributed by atoms with Crippen LogP contribution in [-0.2, 0) is 14.3 Å². The number of carboxylic acids is 1. The van der Waals surface area contributed by atoms with Crippen LogP contribution in [0.15, 0.2) is 84.0 Å². The van der Waals surface area contributed by atoms with Gasteiger partial charge in [0, 0.05) is 29.8 Å². The third kappa shape index (κ3) is 6.09. The summed E-state index contributed by atoms with van der Waals surface area (Å²) < 4.78 is 4.86. The number of cyclic esters (lactones) is 1. The fourth-order valence-corrected chi connectivity index (χ4v) is 4.22. The minimum absolute atomic E-state index is 0.0984. The molecule has 1 aliphatic heterocycles. The number of benzene rings is 2. The highest BCUT2D eigenvalue weighted by molar-refractivity contribution is 6.10. The summed E-state index contributed by atoms with van der Waals surface area (Å²) in [4.78, 5) is 59.6. The summed E-state index contributed by atoms with van der Waals surface area (Å²) in [7, 11) is 0. The second-order valence-corrected chi connectivity index (χ2v) is 8.59. The molecule has 10 nitrogen and oxygen atoms in total. The molecule has 0 bridgehead atoms. The quantitative estimate of drug-likeness (QED) is 0.415. The molecule has 2 atom stereocenters. The van der Waals surface area contributed by atoms with Crippen LogP contribution in [-0.4, -0.2) is 63.8 Å². The molecule has 10 heteroatoms. The number of nitrogens with zero attached hydrogens (tertiary/aromatic N) is 3. The first-order chi connectivity index (χ1) is 18.3. The summed E-state index contributed by atoms with van der Waals surface area (Å²) in [5.41, 5.74) is 2.12. The molecule has 4 rings (SSSR count). The van der Waals surface area contributed by atoms with E-state index in [1.807, 2.05) is 0 Å². The molecular weight excluding hydrogens is 488 g/mol. The number of imide groups is 1. The van der Waals surface area contributed by atoms with Crippen molar-refractivity contribution >= 4 is 35.3 Å². The fourth-order valence-electron chi connectivity index (χ4n) is 4.22. The summed E-state index contributed by atoms with van der Waals surface area (Å²) in [6.07, 6.45) is 0.508. The van der Waals surface area contributed by atoms with Gasteiger partial charge in [-0.2, -0.15) is 0 Å². The smallest absolute Gasteiger partial charge is 0.416 e. The van der Waals surface area contributed by atoms with Gasteiger partial charge < -0.3 is 15.2 Å². The fraction of sp³-hybridized carbons (Fsp3) is 0.214. The molecule has 1 aromatic heterocycles. The Hall–Kier alpha value is -4.86. The van der Waals surface area contributed by atoms with E-state index in [4.69, 9.17) is 4.74 Å². The second-order valence-electron chi connectivity index (χ2n) is 8.59. The maximum absolute atomic E-state index is 13.0. The SMILES string of the molecule is CC(=N[C@@H](C(=O)O)[C@@H](CC(=O)N1CCOC1=O)c1ccccc1)c1ccccc1NC(=O)c1ccccn1. The molecule has 38 heavy (non-hydrogen) atoms. The molecule has 0 saturated carbocycles. The van der Waals surface area contributed by atoms with Crippen molar-refractivity contribution in [2.24, 2.45) is 4.99 Å². The largest absolute Gasteiger partial charge is 0.480 e. The van der Waals surface area contributed by atoms with Crippen LogP contribution >= 0.6 is 0 Å². The molecule has 1 aliphatic rings. The van der Waals surface area contributed by atoms with Crippen molar-refractivity contribution in [2.45, 2.75) is 25.3 Å². The van der Waals surface area contributed by atoms with Crippen molar-refractivity contribution in [3.63, 3.8) is 0 Å². The molecule has 0 radical (unpaired) electrons. The van der Waals surface area contributed by atoms with Gasteiger partial charge in [0.1, 0.15) is 12.3 Å². The number of rotatable bonds is 9. The van der Waals surface area contributed by atoms with Gasteiger partial charge in [0.15, 0.2) is 6.04 Å². The van der Waals surface area contributed by atoms with Crippen molar-refractivity contribution in [3.05, 3.63) is 95.8 Å². The molecule has 1 fully saturated rings. The highest BCUT2D eigenvalue weighted by Crippen LogP contribution is 2.29. The van der Waals surface area contributed by atoms with Crippen LogP contribution in [0.3, 0.4) is 0 Å². The number of amides is 3. The molecule has 0 spiro atoms. The standard InChI is InChI=1S/C28H26N4O6/c1-18(20-11-5-6-12-22(20)31-26(34)23-13-7-8-14-29-23)30-25(27(35)36)21(19-9-3-2-4-10-19)17-24(33)32-15-16-38-28(32)37/h2-14,21,25H,15-17H2,1H3,(H,31,34)(H,35,36)/t21-,25+/m0/s1. The van der Waals surface area contributed by atoms with Crippen molar-refractivity contribution < 1.29 is 29.0 Å². The first-order valence-electron chi connectivity index (χ1n) is 12.0. The van der Waals surface area contributed by atoms with E-state index in [1.54, 1.807) is 79.7 Å². The predicted octanol–water partition coefficient (Wildman–Crippen LogP) is 3.75. The van der Waals surface area contributed by atoms with Gasteiger partial charge in [-0.05, 0) is 30.7 Å². The lowest BCUT2D eigenvalue weighted by atomic mass is 9.88. The molecule has 3 aromatic rings. The number of carboxylic acid groups (broad SMARTS) is 1. The molecular formula is C28H26N4O6. The number of aromatic nitrogens is 1. The Morgan fingerprint density at radius 1 is 1.05 bits per heavy atom. The number of hydrogen-bond donors (Lipinski definition) is 2. The Morgan fingerprint density at radius 3 is 2.42 bits per heavy atom. The Kier molecular flexibility index (Phi) is 8.22. The van der Waals surface area contributed by atoms with Gasteiger partial charge in [-0.25, -0.2) is 14.5 Å². The molecule has 3 amide bonds. The van der Waals surface area contributed by atoms with E-state index in [2.05, 4.69) is 15.3 Å². The topological polar surface area (TPSA) is 138 Å². The first-order valence-corrected chi connectivity index (χ1v) is 12.0. The summed E-state index contributed by atoms with van der Waals surface area (Å²) in [6.45, 7) is 1.85. The van der Waals surface area contributed by atoms with Crippen LogP contribution in [0.1, 0.15) is 40.9 Å². The zero-order valence-electron chi connectivity index (χ0n) is 20.6. The van der Waals surface area contributed by atoms with E-state index in [9.17, 15) is 24.3 Å². The number of nitrogens with one attached hydrogen (secondary N) is 1.